The van der Waals surface area contributed by atoms with Crippen LogP contribution < -0.4 is 5.32 Å². The van der Waals surface area contributed by atoms with Crippen molar-refractivity contribution in [3.63, 3.8) is 0 Å². The Bertz CT molecular complexity index is 1450. The summed E-state index contributed by atoms with van der Waals surface area (Å²) in [5, 5.41) is 19.6. The molecule has 1 fully saturated rings. The molecule has 0 atom stereocenters. The van der Waals surface area contributed by atoms with Gasteiger partial charge in [-0.05, 0) is 30.2 Å². The third-order valence-electron chi connectivity index (χ3n) is 6.07. The molecule has 0 aromatic carbocycles. The van der Waals surface area contributed by atoms with Crippen LogP contribution in [0.5, 0.6) is 0 Å². The Labute approximate surface area is 198 Å². The molecule has 5 heterocycles. The Morgan fingerprint density at radius 3 is 2.83 bits per heavy atom. The van der Waals surface area contributed by atoms with E-state index in [9.17, 15) is 8.78 Å². The van der Waals surface area contributed by atoms with Gasteiger partial charge in [-0.1, -0.05) is 16.5 Å². The second kappa shape index (κ2) is 8.62. The molecule has 0 unspecified atom stereocenters. The number of alkyl halides is 2. The van der Waals surface area contributed by atoms with Gasteiger partial charge in [-0.25, -0.2) is 23.1 Å². The molecule has 0 bridgehead atoms. The lowest BCUT2D eigenvalue weighted by molar-refractivity contribution is -0.109. The standard InChI is InChI=1S/C23H22F2N10/c24-23(25)6-17(7-23)9-26-8-16-1-2-22-29-19(13-33(22)12-16)14-34-15-21(30-32-34)18-5-20(11-27-10-18)35-4-3-28-31-35/h1-5,10-13,15,17,26H,6-9,14H2. The molecule has 1 aliphatic rings. The first-order chi connectivity index (χ1) is 17.0. The van der Waals surface area contributed by atoms with Gasteiger partial charge >= 0.3 is 0 Å². The van der Waals surface area contributed by atoms with Gasteiger partial charge < -0.3 is 9.72 Å². The quantitative estimate of drug-likeness (QED) is 0.367. The number of hydrogen-bond donors (Lipinski definition) is 1. The zero-order valence-corrected chi connectivity index (χ0v) is 18.7. The van der Waals surface area contributed by atoms with Crippen LogP contribution >= 0.6 is 0 Å². The molecular formula is C23H22F2N10. The van der Waals surface area contributed by atoms with Crippen LogP contribution in [0.2, 0.25) is 0 Å². The average molecular weight is 476 g/mol. The molecule has 12 heteroatoms. The summed E-state index contributed by atoms with van der Waals surface area (Å²) >= 11 is 0. The number of fused-ring (bicyclic) bond motifs is 1. The SMILES string of the molecule is FC1(F)CC(CNCc2ccc3nc(Cn4cc(-c5cncc(-n6ccnn6)c5)nn4)cn3c2)C1. The van der Waals surface area contributed by atoms with E-state index in [4.69, 9.17) is 0 Å². The lowest BCUT2D eigenvalue weighted by Crippen LogP contribution is -2.40. The molecule has 10 nitrogen and oxygen atoms in total. The van der Waals surface area contributed by atoms with Crippen LogP contribution in [0.1, 0.15) is 24.1 Å². The molecule has 6 rings (SSSR count). The number of halogens is 2. The number of aromatic nitrogens is 9. The van der Waals surface area contributed by atoms with E-state index in [0.717, 1.165) is 28.2 Å². The molecule has 1 N–H and O–H groups in total. The van der Waals surface area contributed by atoms with Gasteiger partial charge in [0.2, 0.25) is 5.92 Å². The molecule has 0 saturated heterocycles. The van der Waals surface area contributed by atoms with Crippen LogP contribution in [0, 0.1) is 5.92 Å². The minimum atomic E-state index is -2.47. The van der Waals surface area contributed by atoms with Crippen molar-refractivity contribution < 1.29 is 8.78 Å². The summed E-state index contributed by atoms with van der Waals surface area (Å²) in [4.78, 5) is 8.94. The molecule has 5 aromatic rings. The van der Waals surface area contributed by atoms with Crippen molar-refractivity contribution in [1.29, 1.82) is 0 Å². The van der Waals surface area contributed by atoms with Crippen molar-refractivity contribution in [1.82, 2.24) is 49.7 Å². The third kappa shape index (κ3) is 4.64. The summed E-state index contributed by atoms with van der Waals surface area (Å²) < 4.78 is 31.3. The fraction of sp³-hybridized carbons (Fsp3) is 0.304. The molecule has 35 heavy (non-hydrogen) atoms. The van der Waals surface area contributed by atoms with Gasteiger partial charge in [-0.15, -0.1) is 10.2 Å². The molecule has 0 amide bonds. The fourth-order valence-corrected chi connectivity index (χ4v) is 4.33. The molecular weight excluding hydrogens is 454 g/mol. The van der Waals surface area contributed by atoms with Crippen molar-refractivity contribution >= 4 is 5.65 Å². The number of nitrogens with zero attached hydrogens (tertiary/aromatic N) is 9. The molecule has 0 aliphatic heterocycles. The monoisotopic (exact) mass is 476 g/mol. The Morgan fingerprint density at radius 1 is 1.09 bits per heavy atom. The Morgan fingerprint density at radius 2 is 2.00 bits per heavy atom. The molecule has 0 spiro atoms. The molecule has 0 radical (unpaired) electrons. The van der Waals surface area contributed by atoms with Gasteiger partial charge in [0.1, 0.15) is 11.3 Å². The highest BCUT2D eigenvalue weighted by Crippen LogP contribution is 2.41. The van der Waals surface area contributed by atoms with Crippen LogP contribution in [0.3, 0.4) is 0 Å². The predicted octanol–water partition coefficient (Wildman–Crippen LogP) is 2.75. The van der Waals surface area contributed by atoms with Crippen LogP contribution in [0.25, 0.3) is 22.6 Å². The second-order valence-electron chi connectivity index (χ2n) is 8.88. The van der Waals surface area contributed by atoms with Crippen LogP contribution in [0.15, 0.2) is 61.6 Å². The number of rotatable bonds is 8. The van der Waals surface area contributed by atoms with E-state index in [-0.39, 0.29) is 18.8 Å². The lowest BCUT2D eigenvalue weighted by Gasteiger charge is -2.35. The first kappa shape index (κ1) is 21.5. The van der Waals surface area contributed by atoms with Crippen molar-refractivity contribution in [2.45, 2.75) is 31.9 Å². The van der Waals surface area contributed by atoms with Crippen LogP contribution in [-0.4, -0.2) is 56.8 Å². The van der Waals surface area contributed by atoms with Gasteiger partial charge in [0, 0.05) is 43.5 Å². The summed E-state index contributed by atoms with van der Waals surface area (Å²) in [6.45, 7) is 1.70. The summed E-state index contributed by atoms with van der Waals surface area (Å²) in [5.41, 5.74) is 5.04. The minimum absolute atomic E-state index is 0.0162. The second-order valence-corrected chi connectivity index (χ2v) is 8.88. The van der Waals surface area contributed by atoms with E-state index in [1.54, 1.807) is 34.2 Å². The zero-order chi connectivity index (χ0) is 23.8. The topological polar surface area (TPSA) is 104 Å². The maximum atomic E-state index is 13.0. The summed E-state index contributed by atoms with van der Waals surface area (Å²) in [7, 11) is 0. The summed E-state index contributed by atoms with van der Waals surface area (Å²) in [5.74, 6) is -2.41. The van der Waals surface area contributed by atoms with E-state index in [2.05, 4.69) is 35.9 Å². The average Bonchev–Trinajstić information content (AvgIpc) is 3.59. The van der Waals surface area contributed by atoms with Gasteiger partial charge in [-0.3, -0.25) is 4.98 Å². The molecule has 178 valence electrons. The Balaban J connectivity index is 1.11. The Kier molecular flexibility index (Phi) is 5.29. The van der Waals surface area contributed by atoms with Crippen molar-refractivity contribution in [2.24, 2.45) is 5.92 Å². The number of nitrogens with one attached hydrogen (secondary N) is 1. The highest BCUT2D eigenvalue weighted by Gasteiger charge is 2.44. The van der Waals surface area contributed by atoms with Gasteiger partial charge in [0.05, 0.1) is 42.7 Å². The summed E-state index contributed by atoms with van der Waals surface area (Å²) in [6, 6.07) is 5.87. The molecule has 5 aromatic heterocycles. The largest absolute Gasteiger partial charge is 0.312 e. The highest BCUT2D eigenvalue weighted by atomic mass is 19.3. The van der Waals surface area contributed by atoms with E-state index >= 15 is 0 Å². The molecule has 1 saturated carbocycles. The molecule has 1 aliphatic carbocycles. The maximum Gasteiger partial charge on any atom is 0.248 e. The number of imidazole rings is 1. The van der Waals surface area contributed by atoms with E-state index in [1.165, 1.54) is 0 Å². The number of pyridine rings is 2. The van der Waals surface area contributed by atoms with Crippen LogP contribution in [0.4, 0.5) is 8.78 Å². The van der Waals surface area contributed by atoms with E-state index in [1.807, 2.05) is 41.2 Å². The van der Waals surface area contributed by atoms with Gasteiger partial charge in [0.25, 0.3) is 0 Å². The predicted molar refractivity (Wildman–Crippen MR) is 122 cm³/mol. The minimum Gasteiger partial charge on any atom is -0.312 e. The van der Waals surface area contributed by atoms with Crippen molar-refractivity contribution in [3.05, 3.63) is 72.8 Å². The van der Waals surface area contributed by atoms with Crippen molar-refractivity contribution in [3.8, 4) is 16.9 Å². The maximum absolute atomic E-state index is 13.0. The van der Waals surface area contributed by atoms with Crippen molar-refractivity contribution in [2.75, 3.05) is 6.54 Å². The van der Waals surface area contributed by atoms with Crippen LogP contribution in [-0.2, 0) is 13.1 Å². The smallest absolute Gasteiger partial charge is 0.248 e. The van der Waals surface area contributed by atoms with E-state index < -0.39 is 5.92 Å². The Hall–Kier alpha value is -4.06. The van der Waals surface area contributed by atoms with Gasteiger partial charge in [-0.2, -0.15) is 0 Å². The van der Waals surface area contributed by atoms with E-state index in [0.29, 0.717) is 25.3 Å². The third-order valence-corrected chi connectivity index (χ3v) is 6.07. The zero-order valence-electron chi connectivity index (χ0n) is 18.7. The summed E-state index contributed by atoms with van der Waals surface area (Å²) in [6.07, 6.45) is 12.6. The normalized spacial score (nSPS) is 15.5. The lowest BCUT2D eigenvalue weighted by atomic mass is 9.81. The van der Waals surface area contributed by atoms with Gasteiger partial charge in [0.15, 0.2) is 0 Å². The number of hydrogen-bond acceptors (Lipinski definition) is 7. The first-order valence-corrected chi connectivity index (χ1v) is 11.3. The fourth-order valence-electron chi connectivity index (χ4n) is 4.33. The first-order valence-electron chi connectivity index (χ1n) is 11.3. The highest BCUT2D eigenvalue weighted by molar-refractivity contribution is 5.59.